The second-order valence-corrected chi connectivity index (χ2v) is 5.21. The van der Waals surface area contributed by atoms with Crippen LogP contribution >= 0.6 is 0 Å². The van der Waals surface area contributed by atoms with Crippen LogP contribution in [0.3, 0.4) is 0 Å². The van der Waals surface area contributed by atoms with Gasteiger partial charge >= 0.3 is 0 Å². The Morgan fingerprint density at radius 2 is 2.10 bits per heavy atom. The summed E-state index contributed by atoms with van der Waals surface area (Å²) in [6.45, 7) is 3.83. The Morgan fingerprint density at radius 1 is 1.25 bits per heavy atom. The molecule has 1 fully saturated rings. The zero-order valence-electron chi connectivity index (χ0n) is 11.6. The largest absolute Gasteiger partial charge is 0.472 e. The lowest BCUT2D eigenvalue weighted by Crippen LogP contribution is -2.25. The van der Waals surface area contributed by atoms with Crippen molar-refractivity contribution in [3.05, 3.63) is 48.2 Å². The molecule has 0 amide bonds. The van der Waals surface area contributed by atoms with E-state index < -0.39 is 0 Å². The highest BCUT2D eigenvalue weighted by Crippen LogP contribution is 2.27. The number of pyridine rings is 1. The van der Waals surface area contributed by atoms with Crippen LogP contribution in [0.25, 0.3) is 0 Å². The van der Waals surface area contributed by atoms with Crippen LogP contribution in [0.15, 0.2) is 42.6 Å². The Bertz CT molecular complexity index is 583. The molecule has 0 saturated carbocycles. The Kier molecular flexibility index (Phi) is 3.46. The minimum atomic E-state index is 0.171. The summed E-state index contributed by atoms with van der Waals surface area (Å²) < 4.78 is 5.93. The molecule has 0 bridgehead atoms. The van der Waals surface area contributed by atoms with Gasteiger partial charge in [0.1, 0.15) is 6.10 Å². The van der Waals surface area contributed by atoms with Crippen molar-refractivity contribution >= 4 is 11.4 Å². The number of benzene rings is 1. The molecule has 1 aliphatic heterocycles. The van der Waals surface area contributed by atoms with Crippen LogP contribution in [0.1, 0.15) is 12.0 Å². The molecule has 0 aliphatic carbocycles. The Balaban J connectivity index is 1.65. The molecule has 2 heterocycles. The van der Waals surface area contributed by atoms with E-state index in [1.165, 1.54) is 0 Å². The first-order valence-electron chi connectivity index (χ1n) is 6.91. The van der Waals surface area contributed by atoms with E-state index in [-0.39, 0.29) is 6.10 Å². The third-order valence-corrected chi connectivity index (χ3v) is 3.59. The van der Waals surface area contributed by atoms with E-state index in [4.69, 9.17) is 10.5 Å². The maximum Gasteiger partial charge on any atom is 0.213 e. The zero-order valence-corrected chi connectivity index (χ0v) is 11.6. The number of rotatable bonds is 3. The SMILES string of the molecule is Cc1ccc(O[C@H]2CCN(c3ccccc3N)C2)nc1. The summed E-state index contributed by atoms with van der Waals surface area (Å²) in [4.78, 5) is 6.56. The summed E-state index contributed by atoms with van der Waals surface area (Å²) in [6.07, 6.45) is 2.99. The van der Waals surface area contributed by atoms with Gasteiger partial charge in [-0.2, -0.15) is 0 Å². The molecule has 0 radical (unpaired) electrons. The minimum absolute atomic E-state index is 0.171. The lowest BCUT2D eigenvalue weighted by atomic mass is 10.2. The number of anilines is 2. The first kappa shape index (κ1) is 12.8. The lowest BCUT2D eigenvalue weighted by Gasteiger charge is -2.20. The van der Waals surface area contributed by atoms with Crippen molar-refractivity contribution in [2.75, 3.05) is 23.7 Å². The molecule has 3 rings (SSSR count). The number of aryl methyl sites for hydroxylation is 1. The zero-order chi connectivity index (χ0) is 13.9. The molecule has 0 spiro atoms. The first-order valence-corrected chi connectivity index (χ1v) is 6.91. The van der Waals surface area contributed by atoms with Crippen molar-refractivity contribution in [2.24, 2.45) is 0 Å². The summed E-state index contributed by atoms with van der Waals surface area (Å²) in [5.41, 5.74) is 9.08. The molecular weight excluding hydrogens is 250 g/mol. The number of hydrogen-bond donors (Lipinski definition) is 1. The number of ether oxygens (including phenoxy) is 1. The maximum absolute atomic E-state index is 6.02. The van der Waals surface area contributed by atoms with E-state index in [1.54, 1.807) is 0 Å². The minimum Gasteiger partial charge on any atom is -0.472 e. The lowest BCUT2D eigenvalue weighted by molar-refractivity contribution is 0.216. The number of aromatic nitrogens is 1. The summed E-state index contributed by atoms with van der Waals surface area (Å²) in [5, 5.41) is 0. The smallest absolute Gasteiger partial charge is 0.213 e. The molecule has 2 N–H and O–H groups in total. The molecule has 1 atom stereocenters. The van der Waals surface area contributed by atoms with Crippen molar-refractivity contribution in [3.8, 4) is 5.88 Å². The topological polar surface area (TPSA) is 51.4 Å². The summed E-state index contributed by atoms with van der Waals surface area (Å²) in [5.74, 6) is 0.698. The van der Waals surface area contributed by atoms with E-state index in [0.717, 1.165) is 36.4 Å². The fraction of sp³-hybridized carbons (Fsp3) is 0.312. The molecular formula is C16H19N3O. The Labute approximate surface area is 119 Å². The van der Waals surface area contributed by atoms with Crippen molar-refractivity contribution in [2.45, 2.75) is 19.4 Å². The molecule has 20 heavy (non-hydrogen) atoms. The van der Waals surface area contributed by atoms with E-state index in [1.807, 2.05) is 43.5 Å². The van der Waals surface area contributed by atoms with E-state index >= 15 is 0 Å². The van der Waals surface area contributed by atoms with Crippen LogP contribution in [-0.4, -0.2) is 24.2 Å². The van der Waals surface area contributed by atoms with Crippen molar-refractivity contribution < 1.29 is 4.74 Å². The van der Waals surface area contributed by atoms with Gasteiger partial charge in [0.05, 0.1) is 17.9 Å². The van der Waals surface area contributed by atoms with Crippen molar-refractivity contribution in [3.63, 3.8) is 0 Å². The van der Waals surface area contributed by atoms with Gasteiger partial charge in [0.25, 0.3) is 0 Å². The monoisotopic (exact) mass is 269 g/mol. The molecule has 1 saturated heterocycles. The molecule has 4 heteroatoms. The summed E-state index contributed by atoms with van der Waals surface area (Å²) in [7, 11) is 0. The predicted octanol–water partition coefficient (Wildman–Crippen LogP) is 2.63. The summed E-state index contributed by atoms with van der Waals surface area (Å²) in [6, 6.07) is 11.9. The highest BCUT2D eigenvalue weighted by molar-refractivity contribution is 5.67. The maximum atomic E-state index is 6.02. The van der Waals surface area contributed by atoms with Crippen LogP contribution < -0.4 is 15.4 Å². The Morgan fingerprint density at radius 3 is 2.85 bits per heavy atom. The van der Waals surface area contributed by atoms with Crippen LogP contribution in [0, 0.1) is 6.92 Å². The van der Waals surface area contributed by atoms with E-state index in [2.05, 4.69) is 16.0 Å². The molecule has 1 aromatic heterocycles. The number of para-hydroxylation sites is 2. The van der Waals surface area contributed by atoms with Crippen LogP contribution in [0.4, 0.5) is 11.4 Å². The number of hydrogen-bond acceptors (Lipinski definition) is 4. The third kappa shape index (κ3) is 2.69. The third-order valence-electron chi connectivity index (χ3n) is 3.59. The van der Waals surface area contributed by atoms with Crippen molar-refractivity contribution in [1.29, 1.82) is 0 Å². The molecule has 0 unspecified atom stereocenters. The van der Waals surface area contributed by atoms with Gasteiger partial charge in [-0.25, -0.2) is 4.98 Å². The van der Waals surface area contributed by atoms with Crippen molar-refractivity contribution in [1.82, 2.24) is 4.98 Å². The van der Waals surface area contributed by atoms with Crippen LogP contribution in [0.5, 0.6) is 5.88 Å². The van der Waals surface area contributed by atoms with Gasteiger partial charge in [-0.15, -0.1) is 0 Å². The number of nitrogens with zero attached hydrogens (tertiary/aromatic N) is 2. The fourth-order valence-corrected chi connectivity index (χ4v) is 2.51. The normalized spacial score (nSPS) is 18.2. The van der Waals surface area contributed by atoms with E-state index in [0.29, 0.717) is 5.88 Å². The first-order chi connectivity index (χ1) is 9.72. The number of nitrogen functional groups attached to an aromatic ring is 1. The van der Waals surface area contributed by atoms with E-state index in [9.17, 15) is 0 Å². The Hall–Kier alpha value is -2.23. The standard InChI is InChI=1S/C16H19N3O/c1-12-6-7-16(18-10-12)20-13-8-9-19(11-13)15-5-3-2-4-14(15)17/h2-7,10,13H,8-9,11,17H2,1H3/t13-/m0/s1. The average molecular weight is 269 g/mol. The van der Waals surface area contributed by atoms with Crippen LogP contribution in [-0.2, 0) is 0 Å². The second kappa shape index (κ2) is 5.41. The highest BCUT2D eigenvalue weighted by atomic mass is 16.5. The summed E-state index contributed by atoms with van der Waals surface area (Å²) >= 11 is 0. The molecule has 2 aromatic rings. The van der Waals surface area contributed by atoms with Gasteiger partial charge in [0.2, 0.25) is 5.88 Å². The van der Waals surface area contributed by atoms with Gasteiger partial charge in [0.15, 0.2) is 0 Å². The second-order valence-electron chi connectivity index (χ2n) is 5.21. The van der Waals surface area contributed by atoms with Crippen LogP contribution in [0.2, 0.25) is 0 Å². The van der Waals surface area contributed by atoms with Gasteiger partial charge < -0.3 is 15.4 Å². The fourth-order valence-electron chi connectivity index (χ4n) is 2.51. The van der Waals surface area contributed by atoms with Gasteiger partial charge in [-0.3, -0.25) is 0 Å². The van der Waals surface area contributed by atoms with Gasteiger partial charge in [-0.1, -0.05) is 18.2 Å². The molecule has 104 valence electrons. The van der Waals surface area contributed by atoms with Gasteiger partial charge in [0, 0.05) is 25.2 Å². The molecule has 1 aliphatic rings. The quantitative estimate of drug-likeness (QED) is 0.870. The van der Waals surface area contributed by atoms with Gasteiger partial charge in [-0.05, 0) is 24.6 Å². The predicted molar refractivity (Wildman–Crippen MR) is 81.1 cm³/mol. The molecule has 4 nitrogen and oxygen atoms in total. The number of nitrogens with two attached hydrogens (primary N) is 1. The highest BCUT2D eigenvalue weighted by Gasteiger charge is 2.25. The average Bonchev–Trinajstić information content (AvgIpc) is 2.90. The molecule has 1 aromatic carbocycles.